The number of rotatable bonds is 4. The van der Waals surface area contributed by atoms with Gasteiger partial charge in [-0.2, -0.15) is 0 Å². The molecule has 21 heavy (non-hydrogen) atoms. The fourth-order valence-electron chi connectivity index (χ4n) is 2.35. The van der Waals surface area contributed by atoms with Crippen molar-refractivity contribution in [3.05, 3.63) is 29.1 Å². The molecular formula is C14H17FN2O4. The number of Topliss-reactive ketones (excluding diaryl/α,β-unsaturated/α-hetero) is 1. The maximum atomic E-state index is 13.6. The number of aromatic hydroxyl groups is 1. The third kappa shape index (κ3) is 3.37. The molecule has 2 rings (SSSR count). The zero-order valence-electron chi connectivity index (χ0n) is 11.6. The lowest BCUT2D eigenvalue weighted by Gasteiger charge is -2.33. The van der Waals surface area contributed by atoms with Gasteiger partial charge in [-0.25, -0.2) is 4.39 Å². The molecule has 1 aliphatic rings. The number of amides is 1. The minimum Gasteiger partial charge on any atom is -0.507 e. The number of benzene rings is 1. The SMILES string of the molecule is CC(=O)c1cc(F)cc(CN2CCOCC2C(N)=O)c1O. The van der Waals surface area contributed by atoms with Crippen molar-refractivity contribution in [3.8, 4) is 5.75 Å². The van der Waals surface area contributed by atoms with Crippen molar-refractivity contribution < 1.29 is 23.8 Å². The lowest BCUT2D eigenvalue weighted by molar-refractivity contribution is -0.129. The summed E-state index contributed by atoms with van der Waals surface area (Å²) >= 11 is 0. The first-order chi connectivity index (χ1) is 9.90. The molecule has 1 aromatic carbocycles. The normalized spacial score (nSPS) is 19.4. The van der Waals surface area contributed by atoms with E-state index < -0.39 is 23.5 Å². The van der Waals surface area contributed by atoms with Gasteiger partial charge in [0, 0.05) is 18.7 Å². The van der Waals surface area contributed by atoms with Crippen molar-refractivity contribution in [2.24, 2.45) is 5.73 Å². The molecule has 1 fully saturated rings. The fraction of sp³-hybridized carbons (Fsp3) is 0.429. The highest BCUT2D eigenvalue weighted by atomic mass is 19.1. The Bertz CT molecular complexity index is 576. The van der Waals surface area contributed by atoms with E-state index >= 15 is 0 Å². The molecular weight excluding hydrogens is 279 g/mol. The van der Waals surface area contributed by atoms with Gasteiger partial charge in [0.25, 0.3) is 0 Å². The van der Waals surface area contributed by atoms with E-state index in [4.69, 9.17) is 10.5 Å². The molecule has 0 saturated carbocycles. The number of nitrogens with zero attached hydrogens (tertiary/aromatic N) is 1. The van der Waals surface area contributed by atoms with Crippen molar-refractivity contribution in [1.82, 2.24) is 4.90 Å². The van der Waals surface area contributed by atoms with Gasteiger partial charge in [-0.05, 0) is 19.1 Å². The van der Waals surface area contributed by atoms with Crippen LogP contribution in [0.15, 0.2) is 12.1 Å². The van der Waals surface area contributed by atoms with Gasteiger partial charge < -0.3 is 15.6 Å². The molecule has 0 aliphatic carbocycles. The molecule has 6 nitrogen and oxygen atoms in total. The van der Waals surface area contributed by atoms with Crippen molar-refractivity contribution in [2.75, 3.05) is 19.8 Å². The van der Waals surface area contributed by atoms with Crippen LogP contribution in [0, 0.1) is 5.82 Å². The second-order valence-electron chi connectivity index (χ2n) is 4.98. The maximum Gasteiger partial charge on any atom is 0.237 e. The Hall–Kier alpha value is -1.99. The Balaban J connectivity index is 2.30. The second kappa shape index (κ2) is 6.19. The summed E-state index contributed by atoms with van der Waals surface area (Å²) in [5.74, 6) is -1.85. The lowest BCUT2D eigenvalue weighted by atomic mass is 10.0. The Kier molecular flexibility index (Phi) is 4.54. The number of hydrogen-bond donors (Lipinski definition) is 2. The number of morpholine rings is 1. The van der Waals surface area contributed by atoms with Gasteiger partial charge in [0.1, 0.15) is 17.6 Å². The minimum atomic E-state index is -0.637. The van der Waals surface area contributed by atoms with Gasteiger partial charge in [0.2, 0.25) is 5.91 Å². The van der Waals surface area contributed by atoms with Gasteiger partial charge in [-0.1, -0.05) is 0 Å². The number of primary amides is 1. The molecule has 0 aromatic heterocycles. The van der Waals surface area contributed by atoms with Crippen LogP contribution in [-0.4, -0.2) is 47.5 Å². The first kappa shape index (κ1) is 15.4. The number of ether oxygens (including phenoxy) is 1. The molecule has 1 amide bonds. The zero-order valence-corrected chi connectivity index (χ0v) is 11.6. The van der Waals surface area contributed by atoms with Crippen LogP contribution < -0.4 is 5.73 Å². The van der Waals surface area contributed by atoms with Gasteiger partial charge in [0.15, 0.2) is 5.78 Å². The Morgan fingerprint density at radius 2 is 2.24 bits per heavy atom. The summed E-state index contributed by atoms with van der Waals surface area (Å²) in [6.45, 7) is 2.36. The molecule has 1 aromatic rings. The third-order valence-corrected chi connectivity index (χ3v) is 3.47. The molecule has 7 heteroatoms. The Labute approximate surface area is 121 Å². The summed E-state index contributed by atoms with van der Waals surface area (Å²) < 4.78 is 18.8. The zero-order chi connectivity index (χ0) is 15.6. The van der Waals surface area contributed by atoms with Crippen LogP contribution >= 0.6 is 0 Å². The Morgan fingerprint density at radius 1 is 1.52 bits per heavy atom. The molecule has 3 N–H and O–H groups in total. The van der Waals surface area contributed by atoms with Crippen LogP contribution in [0.25, 0.3) is 0 Å². The fourth-order valence-corrected chi connectivity index (χ4v) is 2.35. The van der Waals surface area contributed by atoms with Gasteiger partial charge in [0.05, 0.1) is 18.8 Å². The second-order valence-corrected chi connectivity index (χ2v) is 4.98. The van der Waals surface area contributed by atoms with E-state index in [1.165, 1.54) is 6.92 Å². The number of phenolic OH excluding ortho intramolecular Hbond substituents is 1. The van der Waals surface area contributed by atoms with E-state index in [1.807, 2.05) is 0 Å². The summed E-state index contributed by atoms with van der Waals surface area (Å²) in [5.41, 5.74) is 5.47. The summed E-state index contributed by atoms with van der Waals surface area (Å²) in [6.07, 6.45) is 0. The number of ketones is 1. The first-order valence-electron chi connectivity index (χ1n) is 6.53. The average molecular weight is 296 g/mol. The van der Waals surface area contributed by atoms with Crippen LogP contribution in [-0.2, 0) is 16.1 Å². The molecule has 1 heterocycles. The molecule has 1 saturated heterocycles. The van der Waals surface area contributed by atoms with Gasteiger partial charge >= 0.3 is 0 Å². The monoisotopic (exact) mass is 296 g/mol. The largest absolute Gasteiger partial charge is 0.507 e. The predicted molar refractivity (Wildman–Crippen MR) is 72.3 cm³/mol. The van der Waals surface area contributed by atoms with E-state index in [0.717, 1.165) is 12.1 Å². The van der Waals surface area contributed by atoms with E-state index in [1.54, 1.807) is 4.90 Å². The molecule has 114 valence electrons. The number of phenols is 1. The third-order valence-electron chi connectivity index (χ3n) is 3.47. The van der Waals surface area contributed by atoms with Crippen LogP contribution in [0.4, 0.5) is 4.39 Å². The predicted octanol–water partition coefficient (Wildman–Crippen LogP) is 0.420. The molecule has 0 radical (unpaired) electrons. The molecule has 1 atom stereocenters. The quantitative estimate of drug-likeness (QED) is 0.786. The van der Waals surface area contributed by atoms with Crippen molar-refractivity contribution in [1.29, 1.82) is 0 Å². The van der Waals surface area contributed by atoms with Crippen molar-refractivity contribution in [3.63, 3.8) is 0 Å². The number of hydrogen-bond acceptors (Lipinski definition) is 5. The number of carbonyl (C=O) groups excluding carboxylic acids is 2. The van der Waals surface area contributed by atoms with Gasteiger partial charge in [-0.3, -0.25) is 14.5 Å². The van der Waals surface area contributed by atoms with E-state index in [2.05, 4.69) is 0 Å². The molecule has 1 aliphatic heterocycles. The highest BCUT2D eigenvalue weighted by Gasteiger charge is 2.28. The van der Waals surface area contributed by atoms with Gasteiger partial charge in [-0.15, -0.1) is 0 Å². The maximum absolute atomic E-state index is 13.6. The molecule has 1 unspecified atom stereocenters. The minimum absolute atomic E-state index is 0.0751. The summed E-state index contributed by atoms with van der Waals surface area (Å²) in [4.78, 5) is 24.5. The van der Waals surface area contributed by atoms with E-state index in [9.17, 15) is 19.1 Å². The topological polar surface area (TPSA) is 92.9 Å². The number of nitrogens with two attached hydrogens (primary N) is 1. The summed E-state index contributed by atoms with van der Waals surface area (Å²) in [7, 11) is 0. The molecule has 0 spiro atoms. The lowest BCUT2D eigenvalue weighted by Crippen LogP contribution is -2.51. The smallest absolute Gasteiger partial charge is 0.237 e. The van der Waals surface area contributed by atoms with Crippen LogP contribution in [0.5, 0.6) is 5.75 Å². The van der Waals surface area contributed by atoms with Crippen LogP contribution in [0.3, 0.4) is 0 Å². The van der Waals surface area contributed by atoms with Crippen LogP contribution in [0.1, 0.15) is 22.8 Å². The average Bonchev–Trinajstić information content (AvgIpc) is 2.42. The van der Waals surface area contributed by atoms with Crippen LogP contribution in [0.2, 0.25) is 0 Å². The summed E-state index contributed by atoms with van der Waals surface area (Å²) in [6, 6.07) is 1.50. The standard InChI is InChI=1S/C14H17FN2O4/c1-8(18)11-5-10(15)4-9(13(11)19)6-17-2-3-21-7-12(17)14(16)20/h4-5,12,19H,2-3,6-7H2,1H3,(H2,16,20). The summed E-state index contributed by atoms with van der Waals surface area (Å²) in [5, 5.41) is 10.1. The van der Waals surface area contributed by atoms with Crippen molar-refractivity contribution >= 4 is 11.7 Å². The highest BCUT2D eigenvalue weighted by molar-refractivity contribution is 5.97. The highest BCUT2D eigenvalue weighted by Crippen LogP contribution is 2.27. The number of halogens is 1. The first-order valence-corrected chi connectivity index (χ1v) is 6.53. The van der Waals surface area contributed by atoms with E-state index in [-0.39, 0.29) is 30.0 Å². The van der Waals surface area contributed by atoms with Crippen molar-refractivity contribution in [2.45, 2.75) is 19.5 Å². The Morgan fingerprint density at radius 3 is 2.86 bits per heavy atom. The number of carbonyl (C=O) groups is 2. The van der Waals surface area contributed by atoms with E-state index in [0.29, 0.717) is 13.2 Å². The molecule has 0 bridgehead atoms.